The van der Waals surface area contributed by atoms with Crippen LogP contribution in [0.2, 0.25) is 5.02 Å². The highest BCUT2D eigenvalue weighted by Crippen LogP contribution is 2.33. The van der Waals surface area contributed by atoms with Crippen molar-refractivity contribution in [1.29, 1.82) is 0 Å². The Morgan fingerprint density at radius 3 is 2.70 bits per heavy atom. The summed E-state index contributed by atoms with van der Waals surface area (Å²) in [6.45, 7) is -0.525. The summed E-state index contributed by atoms with van der Waals surface area (Å²) in [6.07, 6.45) is -6.40. The van der Waals surface area contributed by atoms with Crippen LogP contribution in [0.5, 0.6) is 0 Å². The molecule has 4 rings (SSSR count). The minimum atomic E-state index is -1.49. The van der Waals surface area contributed by atoms with Gasteiger partial charge in [0, 0.05) is 10.6 Å². The van der Waals surface area contributed by atoms with Gasteiger partial charge in [-0.3, -0.25) is 10.1 Å². The van der Waals surface area contributed by atoms with E-state index in [-0.39, 0.29) is 0 Å². The predicted octanol–water partition coefficient (Wildman–Crippen LogP) is 1.72. The maximum Gasteiger partial charge on any atom is 0.257 e. The van der Waals surface area contributed by atoms with Gasteiger partial charge >= 0.3 is 0 Å². The van der Waals surface area contributed by atoms with Crippen molar-refractivity contribution in [3.63, 3.8) is 0 Å². The van der Waals surface area contributed by atoms with Gasteiger partial charge in [-0.05, 0) is 35.9 Å². The fourth-order valence-electron chi connectivity index (χ4n) is 3.36. The molecule has 0 aliphatic carbocycles. The Morgan fingerprint density at radius 2 is 1.93 bits per heavy atom. The molecule has 0 radical (unpaired) electrons. The number of fused-ring (bicyclic) bond motifs is 1. The topological polar surface area (TPSA) is 132 Å². The Balaban J connectivity index is 1.55. The summed E-state index contributed by atoms with van der Waals surface area (Å²) < 4.78 is 6.40. The molecule has 1 amide bonds. The van der Waals surface area contributed by atoms with Gasteiger partial charge in [0.2, 0.25) is 0 Å². The van der Waals surface area contributed by atoms with E-state index in [1.54, 1.807) is 36.4 Å². The Hall–Kier alpha value is -2.11. The zero-order chi connectivity index (χ0) is 21.4. The van der Waals surface area contributed by atoms with Gasteiger partial charge in [0.05, 0.1) is 16.8 Å². The highest BCUT2D eigenvalue weighted by molar-refractivity contribution is 7.22. The number of amides is 1. The number of halogens is 1. The molecule has 10 heteroatoms. The van der Waals surface area contributed by atoms with Crippen LogP contribution in [0.4, 0.5) is 5.13 Å². The first kappa shape index (κ1) is 21.1. The molecule has 1 aliphatic rings. The van der Waals surface area contributed by atoms with Crippen LogP contribution in [-0.4, -0.2) is 62.3 Å². The van der Waals surface area contributed by atoms with Crippen molar-refractivity contribution in [3.05, 3.63) is 58.6 Å². The molecule has 1 fully saturated rings. The molecule has 5 atom stereocenters. The van der Waals surface area contributed by atoms with Crippen molar-refractivity contribution in [2.45, 2.75) is 30.5 Å². The smallest absolute Gasteiger partial charge is 0.257 e. The first-order chi connectivity index (χ1) is 14.4. The van der Waals surface area contributed by atoms with Crippen molar-refractivity contribution in [2.75, 3.05) is 11.9 Å². The summed E-state index contributed by atoms with van der Waals surface area (Å²) in [5, 5.41) is 43.3. The molecular formula is C20H19ClN2O6S. The van der Waals surface area contributed by atoms with Crippen LogP contribution in [0.1, 0.15) is 22.0 Å². The van der Waals surface area contributed by atoms with E-state index in [0.717, 1.165) is 10.2 Å². The first-order valence-electron chi connectivity index (χ1n) is 9.15. The number of carbonyl (C=O) groups excluding carboxylic acids is 1. The lowest BCUT2D eigenvalue weighted by Crippen LogP contribution is -2.55. The van der Waals surface area contributed by atoms with Gasteiger partial charge in [-0.25, -0.2) is 4.98 Å². The van der Waals surface area contributed by atoms with Gasteiger partial charge < -0.3 is 25.2 Å². The zero-order valence-corrected chi connectivity index (χ0v) is 17.0. The van der Waals surface area contributed by atoms with Crippen LogP contribution < -0.4 is 5.32 Å². The Labute approximate surface area is 180 Å². The third kappa shape index (κ3) is 4.06. The summed E-state index contributed by atoms with van der Waals surface area (Å²) in [6, 6.07) is 11.6. The van der Waals surface area contributed by atoms with Crippen molar-refractivity contribution >= 4 is 44.2 Å². The Bertz CT molecular complexity index is 1070. The summed E-state index contributed by atoms with van der Waals surface area (Å²) in [7, 11) is 0. The van der Waals surface area contributed by atoms with E-state index in [1.165, 1.54) is 17.4 Å². The molecule has 2 heterocycles. The molecule has 0 unspecified atom stereocenters. The maximum absolute atomic E-state index is 12.7. The number of rotatable bonds is 4. The van der Waals surface area contributed by atoms with Crippen LogP contribution >= 0.6 is 22.9 Å². The van der Waals surface area contributed by atoms with Crippen molar-refractivity contribution in [1.82, 2.24) is 4.98 Å². The van der Waals surface area contributed by atoms with E-state index in [1.807, 2.05) is 0 Å². The van der Waals surface area contributed by atoms with Crippen LogP contribution in [0.3, 0.4) is 0 Å². The molecular weight excluding hydrogens is 432 g/mol. The zero-order valence-electron chi connectivity index (χ0n) is 15.5. The predicted molar refractivity (Wildman–Crippen MR) is 112 cm³/mol. The molecule has 158 valence electrons. The van der Waals surface area contributed by atoms with Gasteiger partial charge in [-0.15, -0.1) is 0 Å². The second-order valence-corrected chi connectivity index (χ2v) is 8.43. The molecule has 5 N–H and O–H groups in total. The molecule has 0 spiro atoms. The Kier molecular flexibility index (Phi) is 6.03. The molecule has 0 bridgehead atoms. The lowest BCUT2D eigenvalue weighted by molar-refractivity contribution is -0.231. The van der Waals surface area contributed by atoms with Crippen LogP contribution in [-0.2, 0) is 4.74 Å². The molecule has 1 aliphatic heterocycles. The van der Waals surface area contributed by atoms with Crippen molar-refractivity contribution in [3.8, 4) is 0 Å². The third-order valence-corrected chi connectivity index (χ3v) is 6.11. The third-order valence-electron chi connectivity index (χ3n) is 4.94. The van der Waals surface area contributed by atoms with Gasteiger partial charge in [0.1, 0.15) is 30.5 Å². The summed E-state index contributed by atoms with van der Waals surface area (Å²) in [4.78, 5) is 17.1. The normalized spacial score (nSPS) is 26.6. The van der Waals surface area contributed by atoms with Gasteiger partial charge in [-0.2, -0.15) is 0 Å². The highest BCUT2D eigenvalue weighted by atomic mass is 35.5. The fourth-order valence-corrected chi connectivity index (χ4v) is 4.49. The molecule has 2 aromatic carbocycles. The second-order valence-electron chi connectivity index (χ2n) is 6.96. The number of nitrogens with one attached hydrogen (secondary N) is 1. The van der Waals surface area contributed by atoms with Gasteiger partial charge in [0.15, 0.2) is 5.13 Å². The maximum atomic E-state index is 12.7. The molecule has 1 aromatic heterocycles. The summed E-state index contributed by atoms with van der Waals surface area (Å²) in [5.74, 6) is -0.411. The van der Waals surface area contributed by atoms with Crippen molar-refractivity contribution in [2.24, 2.45) is 0 Å². The highest BCUT2D eigenvalue weighted by Gasteiger charge is 2.44. The molecule has 30 heavy (non-hydrogen) atoms. The molecule has 1 saturated heterocycles. The van der Waals surface area contributed by atoms with Gasteiger partial charge in [0.25, 0.3) is 5.91 Å². The molecule has 0 saturated carbocycles. The monoisotopic (exact) mass is 450 g/mol. The minimum Gasteiger partial charge on any atom is -0.394 e. The number of carbonyl (C=O) groups is 1. The number of ether oxygens (including phenoxy) is 1. The van der Waals surface area contributed by atoms with Gasteiger partial charge in [-0.1, -0.05) is 35.1 Å². The number of aliphatic hydroxyl groups is 4. The number of benzene rings is 2. The molecule has 8 nitrogen and oxygen atoms in total. The molecule has 3 aromatic rings. The number of aromatic nitrogens is 1. The average molecular weight is 451 g/mol. The summed E-state index contributed by atoms with van der Waals surface area (Å²) >= 11 is 7.27. The minimum absolute atomic E-state index is 0.293. The lowest BCUT2D eigenvalue weighted by Gasteiger charge is -2.40. The van der Waals surface area contributed by atoms with E-state index in [9.17, 15) is 25.2 Å². The number of thiazole rings is 1. The van der Waals surface area contributed by atoms with E-state index in [0.29, 0.717) is 21.3 Å². The average Bonchev–Trinajstić information content (AvgIpc) is 3.13. The van der Waals surface area contributed by atoms with E-state index in [4.69, 9.17) is 16.3 Å². The fraction of sp³-hybridized carbons (Fsp3) is 0.300. The number of nitrogens with zero attached hydrogens (tertiary/aromatic N) is 1. The number of anilines is 1. The van der Waals surface area contributed by atoms with E-state index >= 15 is 0 Å². The standard InChI is InChI=1S/C20H19ClN2O6S/c21-11-4-5-12-14(7-11)30-20(22-12)23-19(28)10-3-1-2-9(6-10)18-17(27)16(26)15(25)13(8-24)29-18/h1-7,13,15-18,24-27H,8H2,(H,22,23,28)/t13-,15-,16+,17+,18-/m1/s1. The largest absolute Gasteiger partial charge is 0.394 e. The van der Waals surface area contributed by atoms with Crippen molar-refractivity contribution < 1.29 is 30.0 Å². The number of hydrogen-bond donors (Lipinski definition) is 5. The van der Waals surface area contributed by atoms with E-state index in [2.05, 4.69) is 10.3 Å². The number of hydrogen-bond acceptors (Lipinski definition) is 8. The van der Waals surface area contributed by atoms with Crippen LogP contribution in [0.15, 0.2) is 42.5 Å². The Morgan fingerprint density at radius 1 is 1.13 bits per heavy atom. The lowest BCUT2D eigenvalue weighted by atomic mass is 9.90. The van der Waals surface area contributed by atoms with Crippen LogP contribution in [0.25, 0.3) is 10.2 Å². The summed E-state index contributed by atoms with van der Waals surface area (Å²) in [5.41, 5.74) is 1.44. The SMILES string of the molecule is O=C(Nc1nc2ccc(Cl)cc2s1)c1cccc([C@H]2O[C@H](CO)[C@@H](O)[C@H](O)[C@@H]2O)c1. The number of aliphatic hydroxyl groups excluding tert-OH is 4. The first-order valence-corrected chi connectivity index (χ1v) is 10.3. The van der Waals surface area contributed by atoms with Crippen LogP contribution in [0, 0.1) is 0 Å². The second kappa shape index (κ2) is 8.56. The van der Waals surface area contributed by atoms with E-state index < -0.39 is 43.0 Å². The quantitative estimate of drug-likeness (QED) is 0.409.